The van der Waals surface area contributed by atoms with Gasteiger partial charge in [-0.25, -0.2) is 13.2 Å². The van der Waals surface area contributed by atoms with Crippen LogP contribution in [0.2, 0.25) is 0 Å². The monoisotopic (exact) mass is 390 g/mol. The standard InChI is InChI=1S/C23H25F3O2/c1-3-12-27-19-10-11-20(21(24)13-19)16-6-8-18(9-7-16)28-14-17-5-4-15(2)22(25)23(17)26/h3-5,10-11,13,16,18H,1,6-9,12,14H2,2H3. The van der Waals surface area contributed by atoms with Crippen LogP contribution in [0.15, 0.2) is 43.0 Å². The van der Waals surface area contributed by atoms with Crippen LogP contribution in [0, 0.1) is 24.4 Å². The quantitative estimate of drug-likeness (QED) is 0.523. The smallest absolute Gasteiger partial charge is 0.164 e. The fraction of sp³-hybridized carbons (Fsp3) is 0.391. The minimum atomic E-state index is -0.838. The minimum Gasteiger partial charge on any atom is -0.489 e. The summed E-state index contributed by atoms with van der Waals surface area (Å²) in [4.78, 5) is 0. The molecule has 0 unspecified atom stereocenters. The molecule has 0 aromatic heterocycles. The van der Waals surface area contributed by atoms with Crippen molar-refractivity contribution in [1.29, 1.82) is 0 Å². The van der Waals surface area contributed by atoms with Gasteiger partial charge in [-0.1, -0.05) is 30.9 Å². The summed E-state index contributed by atoms with van der Waals surface area (Å²) in [5.74, 6) is -1.30. The van der Waals surface area contributed by atoms with Gasteiger partial charge >= 0.3 is 0 Å². The number of ether oxygens (including phenoxy) is 2. The SMILES string of the molecule is C=CCOc1ccc(C2CCC(OCc3ccc(C)c(F)c3F)CC2)c(F)c1. The molecule has 1 aliphatic rings. The second kappa shape index (κ2) is 9.28. The van der Waals surface area contributed by atoms with Gasteiger partial charge in [0.15, 0.2) is 11.6 Å². The molecule has 0 aliphatic heterocycles. The summed E-state index contributed by atoms with van der Waals surface area (Å²) in [6.07, 6.45) is 4.68. The molecular weight excluding hydrogens is 365 g/mol. The van der Waals surface area contributed by atoms with E-state index in [1.165, 1.54) is 13.0 Å². The number of rotatable bonds is 7. The molecule has 0 spiro atoms. The topological polar surface area (TPSA) is 18.5 Å². The Balaban J connectivity index is 1.53. The molecule has 1 fully saturated rings. The average Bonchev–Trinajstić information content (AvgIpc) is 2.70. The third-order valence-electron chi connectivity index (χ3n) is 5.28. The van der Waals surface area contributed by atoms with Crippen molar-refractivity contribution in [3.63, 3.8) is 0 Å². The van der Waals surface area contributed by atoms with Crippen LogP contribution in [0.4, 0.5) is 13.2 Å². The van der Waals surface area contributed by atoms with Gasteiger partial charge in [0.05, 0.1) is 12.7 Å². The fourth-order valence-corrected chi connectivity index (χ4v) is 3.63. The van der Waals surface area contributed by atoms with E-state index in [-0.39, 0.29) is 35.6 Å². The van der Waals surface area contributed by atoms with E-state index in [0.717, 1.165) is 25.7 Å². The maximum Gasteiger partial charge on any atom is 0.164 e. The number of hydrogen-bond acceptors (Lipinski definition) is 2. The number of halogens is 3. The molecule has 5 heteroatoms. The highest BCUT2D eigenvalue weighted by Crippen LogP contribution is 2.36. The molecular formula is C23H25F3O2. The highest BCUT2D eigenvalue weighted by Gasteiger charge is 2.25. The maximum atomic E-state index is 14.4. The van der Waals surface area contributed by atoms with Gasteiger partial charge in [0.25, 0.3) is 0 Å². The lowest BCUT2D eigenvalue weighted by Crippen LogP contribution is -2.21. The van der Waals surface area contributed by atoms with Crippen LogP contribution in [0.25, 0.3) is 0 Å². The first-order valence-electron chi connectivity index (χ1n) is 9.57. The summed E-state index contributed by atoms with van der Waals surface area (Å²) >= 11 is 0. The molecule has 0 amide bonds. The van der Waals surface area contributed by atoms with Crippen molar-refractivity contribution < 1.29 is 22.6 Å². The first-order chi connectivity index (χ1) is 13.5. The highest BCUT2D eigenvalue weighted by molar-refractivity contribution is 5.31. The largest absolute Gasteiger partial charge is 0.489 e. The second-order valence-electron chi connectivity index (χ2n) is 7.24. The van der Waals surface area contributed by atoms with E-state index in [2.05, 4.69) is 6.58 Å². The van der Waals surface area contributed by atoms with Crippen LogP contribution in [-0.4, -0.2) is 12.7 Å². The molecule has 0 heterocycles. The van der Waals surface area contributed by atoms with Crippen LogP contribution < -0.4 is 4.74 Å². The molecule has 28 heavy (non-hydrogen) atoms. The van der Waals surface area contributed by atoms with E-state index in [1.807, 2.05) is 0 Å². The van der Waals surface area contributed by atoms with E-state index in [4.69, 9.17) is 9.47 Å². The lowest BCUT2D eigenvalue weighted by atomic mass is 9.82. The molecule has 3 rings (SSSR count). The summed E-state index contributed by atoms with van der Waals surface area (Å²) in [5.41, 5.74) is 1.20. The first-order valence-corrected chi connectivity index (χ1v) is 9.57. The summed E-state index contributed by atoms with van der Waals surface area (Å²) in [5, 5.41) is 0. The van der Waals surface area contributed by atoms with Crippen molar-refractivity contribution in [2.75, 3.05) is 6.61 Å². The van der Waals surface area contributed by atoms with Crippen LogP contribution in [0.1, 0.15) is 48.3 Å². The number of benzene rings is 2. The summed E-state index contributed by atoms with van der Waals surface area (Å²) in [6, 6.07) is 8.09. The van der Waals surface area contributed by atoms with Gasteiger partial charge in [-0.15, -0.1) is 0 Å². The zero-order valence-electron chi connectivity index (χ0n) is 16.0. The Bertz CT molecular complexity index is 827. The van der Waals surface area contributed by atoms with Gasteiger partial charge in [-0.05, 0) is 55.7 Å². The van der Waals surface area contributed by atoms with Gasteiger partial charge in [0, 0.05) is 11.6 Å². The van der Waals surface area contributed by atoms with Crippen LogP contribution in [0.5, 0.6) is 5.75 Å². The van der Waals surface area contributed by atoms with E-state index in [9.17, 15) is 13.2 Å². The summed E-state index contributed by atoms with van der Waals surface area (Å²) < 4.78 is 53.2. The molecule has 0 radical (unpaired) electrons. The molecule has 0 N–H and O–H groups in total. The van der Waals surface area contributed by atoms with Crippen LogP contribution >= 0.6 is 0 Å². The molecule has 0 atom stereocenters. The zero-order valence-corrected chi connectivity index (χ0v) is 16.0. The molecule has 2 aromatic rings. The number of aryl methyl sites for hydroxylation is 1. The molecule has 2 aromatic carbocycles. The normalized spacial score (nSPS) is 19.4. The third kappa shape index (κ3) is 4.76. The molecule has 1 aliphatic carbocycles. The highest BCUT2D eigenvalue weighted by atomic mass is 19.2. The Kier molecular flexibility index (Phi) is 6.79. The van der Waals surface area contributed by atoms with Gasteiger partial charge < -0.3 is 9.47 Å². The van der Waals surface area contributed by atoms with Crippen LogP contribution in [-0.2, 0) is 11.3 Å². The fourth-order valence-electron chi connectivity index (χ4n) is 3.63. The van der Waals surface area contributed by atoms with Gasteiger partial charge in [0.2, 0.25) is 0 Å². The Morgan fingerprint density at radius 3 is 2.46 bits per heavy atom. The van der Waals surface area contributed by atoms with Crippen molar-refractivity contribution >= 4 is 0 Å². The molecule has 2 nitrogen and oxygen atoms in total. The first kappa shape index (κ1) is 20.5. The molecule has 0 saturated heterocycles. The summed E-state index contributed by atoms with van der Waals surface area (Å²) in [6.45, 7) is 5.49. The van der Waals surface area contributed by atoms with E-state index < -0.39 is 11.6 Å². The Morgan fingerprint density at radius 1 is 1.04 bits per heavy atom. The predicted octanol–water partition coefficient (Wildman–Crippen LogP) is 6.22. The van der Waals surface area contributed by atoms with Gasteiger partial charge in [-0.2, -0.15) is 0 Å². The molecule has 0 bridgehead atoms. The van der Waals surface area contributed by atoms with Crippen molar-refractivity contribution in [2.24, 2.45) is 0 Å². The zero-order chi connectivity index (χ0) is 20.1. The Morgan fingerprint density at radius 2 is 1.79 bits per heavy atom. The van der Waals surface area contributed by atoms with Gasteiger partial charge in [0.1, 0.15) is 18.2 Å². The Labute approximate surface area is 164 Å². The van der Waals surface area contributed by atoms with Crippen LogP contribution in [0.3, 0.4) is 0 Å². The van der Waals surface area contributed by atoms with E-state index in [1.54, 1.807) is 30.3 Å². The lowest BCUT2D eigenvalue weighted by Gasteiger charge is -2.29. The van der Waals surface area contributed by atoms with E-state index >= 15 is 0 Å². The van der Waals surface area contributed by atoms with Gasteiger partial charge in [-0.3, -0.25) is 0 Å². The third-order valence-corrected chi connectivity index (χ3v) is 5.28. The minimum absolute atomic E-state index is 0.0294. The lowest BCUT2D eigenvalue weighted by molar-refractivity contribution is 0.0116. The van der Waals surface area contributed by atoms with E-state index in [0.29, 0.717) is 17.9 Å². The van der Waals surface area contributed by atoms with Crippen molar-refractivity contribution in [2.45, 2.75) is 51.2 Å². The number of hydrogen-bond donors (Lipinski definition) is 0. The molecule has 150 valence electrons. The molecule has 1 saturated carbocycles. The average molecular weight is 390 g/mol. The van der Waals surface area contributed by atoms with Crippen molar-refractivity contribution in [3.8, 4) is 5.75 Å². The van der Waals surface area contributed by atoms with Crippen molar-refractivity contribution in [3.05, 3.63) is 77.1 Å². The second-order valence-corrected chi connectivity index (χ2v) is 7.24. The Hall–Kier alpha value is -2.27. The summed E-state index contributed by atoms with van der Waals surface area (Å²) in [7, 11) is 0. The van der Waals surface area contributed by atoms with Crippen molar-refractivity contribution in [1.82, 2.24) is 0 Å². The maximum absolute atomic E-state index is 14.4. The predicted molar refractivity (Wildman–Crippen MR) is 103 cm³/mol.